The van der Waals surface area contributed by atoms with E-state index >= 15 is 0 Å². The first kappa shape index (κ1) is 18.0. The molecule has 2 nitrogen and oxygen atoms in total. The summed E-state index contributed by atoms with van der Waals surface area (Å²) in [6, 6.07) is 1.37. The third kappa shape index (κ3) is 4.73. The maximum Gasteiger partial charge on any atom is 0.0105 e. The van der Waals surface area contributed by atoms with Gasteiger partial charge in [-0.3, -0.25) is 0 Å². The molecule has 0 aliphatic heterocycles. The molecule has 0 saturated heterocycles. The highest BCUT2D eigenvalue weighted by atomic mass is 15.1. The highest BCUT2D eigenvalue weighted by molar-refractivity contribution is 4.90. The van der Waals surface area contributed by atoms with Crippen LogP contribution in [0, 0.1) is 23.2 Å². The summed E-state index contributed by atoms with van der Waals surface area (Å²) in [6.07, 6.45) is 4.10. The van der Waals surface area contributed by atoms with Gasteiger partial charge in [-0.2, -0.15) is 0 Å². The molecule has 1 rings (SSSR count). The van der Waals surface area contributed by atoms with Crippen molar-refractivity contribution in [2.75, 3.05) is 20.6 Å². The van der Waals surface area contributed by atoms with E-state index < -0.39 is 0 Å². The van der Waals surface area contributed by atoms with Crippen LogP contribution in [0.4, 0.5) is 0 Å². The molecular weight excluding hydrogens is 244 g/mol. The Bertz CT molecular complexity index is 280. The van der Waals surface area contributed by atoms with Gasteiger partial charge < -0.3 is 10.2 Å². The average molecular weight is 283 g/mol. The molecule has 0 bridgehead atoms. The summed E-state index contributed by atoms with van der Waals surface area (Å²) in [5.74, 6) is 2.40. The predicted molar refractivity (Wildman–Crippen MR) is 90.1 cm³/mol. The first-order valence-electron chi connectivity index (χ1n) is 8.54. The van der Waals surface area contributed by atoms with Gasteiger partial charge in [0.1, 0.15) is 0 Å². The van der Waals surface area contributed by atoms with E-state index in [1.165, 1.54) is 25.8 Å². The Morgan fingerprint density at radius 1 is 1.15 bits per heavy atom. The highest BCUT2D eigenvalue weighted by Crippen LogP contribution is 2.40. The minimum absolute atomic E-state index is 0.458. The van der Waals surface area contributed by atoms with Crippen molar-refractivity contribution in [2.24, 2.45) is 23.2 Å². The molecule has 4 unspecified atom stereocenters. The average Bonchev–Trinajstić information content (AvgIpc) is 2.36. The summed E-state index contributed by atoms with van der Waals surface area (Å²) in [6.45, 7) is 15.5. The van der Waals surface area contributed by atoms with Gasteiger partial charge in [0.05, 0.1) is 0 Å². The standard InChI is InChI=1S/C18H38N2/c1-13(2)14(3)20(8)12-15-11-16(18(4,5)6)9-10-17(15)19-7/h13-17,19H,9-12H2,1-8H3. The summed E-state index contributed by atoms with van der Waals surface area (Å²) in [4.78, 5) is 2.57. The molecule has 4 atom stereocenters. The van der Waals surface area contributed by atoms with E-state index in [2.05, 4.69) is 65.9 Å². The predicted octanol–water partition coefficient (Wildman–Crippen LogP) is 4.01. The van der Waals surface area contributed by atoms with Crippen LogP contribution in [-0.4, -0.2) is 37.6 Å². The van der Waals surface area contributed by atoms with Gasteiger partial charge in [-0.15, -0.1) is 0 Å². The molecule has 120 valence electrons. The lowest BCUT2D eigenvalue weighted by molar-refractivity contribution is 0.0804. The van der Waals surface area contributed by atoms with Crippen molar-refractivity contribution < 1.29 is 0 Å². The zero-order valence-electron chi connectivity index (χ0n) is 15.2. The van der Waals surface area contributed by atoms with Crippen LogP contribution in [0.2, 0.25) is 0 Å². The molecule has 1 N–H and O–H groups in total. The maximum atomic E-state index is 3.57. The van der Waals surface area contributed by atoms with Gasteiger partial charge in [0.2, 0.25) is 0 Å². The van der Waals surface area contributed by atoms with E-state index in [9.17, 15) is 0 Å². The fourth-order valence-corrected chi connectivity index (χ4v) is 3.68. The van der Waals surface area contributed by atoms with Crippen LogP contribution < -0.4 is 5.32 Å². The molecule has 0 heterocycles. The molecule has 0 aromatic carbocycles. The Morgan fingerprint density at radius 3 is 2.20 bits per heavy atom. The molecule has 2 heteroatoms. The van der Waals surface area contributed by atoms with Gasteiger partial charge in [-0.25, -0.2) is 0 Å². The van der Waals surface area contributed by atoms with Gasteiger partial charge in [0, 0.05) is 18.6 Å². The van der Waals surface area contributed by atoms with E-state index in [0.717, 1.165) is 17.8 Å². The summed E-state index contributed by atoms with van der Waals surface area (Å²) >= 11 is 0. The normalized spacial score (nSPS) is 30.0. The van der Waals surface area contributed by atoms with Crippen LogP contribution in [0.3, 0.4) is 0 Å². The van der Waals surface area contributed by atoms with Crippen molar-refractivity contribution in [3.63, 3.8) is 0 Å². The van der Waals surface area contributed by atoms with Gasteiger partial charge in [0.25, 0.3) is 0 Å². The number of hydrogen-bond donors (Lipinski definition) is 1. The Kier molecular flexibility index (Phi) is 6.53. The van der Waals surface area contributed by atoms with Gasteiger partial charge in [-0.1, -0.05) is 34.6 Å². The van der Waals surface area contributed by atoms with Gasteiger partial charge in [-0.05, 0) is 63.5 Å². The van der Waals surface area contributed by atoms with Crippen LogP contribution in [0.15, 0.2) is 0 Å². The van der Waals surface area contributed by atoms with Crippen LogP contribution in [0.5, 0.6) is 0 Å². The minimum Gasteiger partial charge on any atom is -0.317 e. The molecule has 0 amide bonds. The van der Waals surface area contributed by atoms with Gasteiger partial charge in [0.15, 0.2) is 0 Å². The van der Waals surface area contributed by atoms with Crippen LogP contribution in [0.1, 0.15) is 60.8 Å². The molecule has 1 saturated carbocycles. The second-order valence-electron chi connectivity index (χ2n) is 8.46. The monoisotopic (exact) mass is 282 g/mol. The van der Waals surface area contributed by atoms with Crippen molar-refractivity contribution in [1.82, 2.24) is 10.2 Å². The first-order chi connectivity index (χ1) is 9.16. The molecule has 1 fully saturated rings. The van der Waals surface area contributed by atoms with E-state index in [0.29, 0.717) is 17.5 Å². The van der Waals surface area contributed by atoms with Crippen molar-refractivity contribution in [3.8, 4) is 0 Å². The van der Waals surface area contributed by atoms with E-state index in [1.807, 2.05) is 0 Å². The van der Waals surface area contributed by atoms with E-state index in [-0.39, 0.29) is 0 Å². The van der Waals surface area contributed by atoms with E-state index in [4.69, 9.17) is 0 Å². The molecule has 0 spiro atoms. The van der Waals surface area contributed by atoms with E-state index in [1.54, 1.807) is 0 Å². The Morgan fingerprint density at radius 2 is 1.75 bits per heavy atom. The molecule has 0 aromatic rings. The van der Waals surface area contributed by atoms with Crippen LogP contribution in [0.25, 0.3) is 0 Å². The second kappa shape index (κ2) is 7.26. The Labute approximate surface area is 127 Å². The van der Waals surface area contributed by atoms with Crippen LogP contribution in [-0.2, 0) is 0 Å². The number of nitrogens with one attached hydrogen (secondary N) is 1. The molecule has 0 radical (unpaired) electrons. The minimum atomic E-state index is 0.458. The lowest BCUT2D eigenvalue weighted by Crippen LogP contribution is -2.47. The Hall–Kier alpha value is -0.0800. The molecule has 20 heavy (non-hydrogen) atoms. The zero-order valence-corrected chi connectivity index (χ0v) is 15.2. The van der Waals surface area contributed by atoms with Crippen molar-refractivity contribution >= 4 is 0 Å². The smallest absolute Gasteiger partial charge is 0.0105 e. The van der Waals surface area contributed by atoms with Crippen molar-refractivity contribution in [3.05, 3.63) is 0 Å². The Balaban J connectivity index is 2.67. The molecular formula is C18H38N2. The fraction of sp³-hybridized carbons (Fsp3) is 1.00. The summed E-state index contributed by atoms with van der Waals surface area (Å²) in [7, 11) is 4.44. The largest absolute Gasteiger partial charge is 0.317 e. The second-order valence-corrected chi connectivity index (χ2v) is 8.46. The summed E-state index contributed by atoms with van der Waals surface area (Å²) in [5, 5.41) is 3.57. The van der Waals surface area contributed by atoms with Crippen molar-refractivity contribution in [2.45, 2.75) is 72.9 Å². The first-order valence-corrected chi connectivity index (χ1v) is 8.54. The summed E-state index contributed by atoms with van der Waals surface area (Å²) < 4.78 is 0. The summed E-state index contributed by atoms with van der Waals surface area (Å²) in [5.41, 5.74) is 0.458. The third-order valence-electron chi connectivity index (χ3n) is 5.76. The topological polar surface area (TPSA) is 15.3 Å². The quantitative estimate of drug-likeness (QED) is 0.819. The molecule has 0 aromatic heterocycles. The molecule has 1 aliphatic rings. The van der Waals surface area contributed by atoms with Crippen molar-refractivity contribution in [1.29, 1.82) is 0 Å². The number of hydrogen-bond acceptors (Lipinski definition) is 2. The maximum absolute atomic E-state index is 3.57. The van der Waals surface area contributed by atoms with Crippen LogP contribution >= 0.6 is 0 Å². The zero-order chi connectivity index (χ0) is 15.5. The highest BCUT2D eigenvalue weighted by Gasteiger charge is 2.36. The SMILES string of the molecule is CNC1CCC(C(C)(C)C)CC1CN(C)C(C)C(C)C. The number of rotatable bonds is 5. The third-order valence-corrected chi connectivity index (χ3v) is 5.76. The lowest BCUT2D eigenvalue weighted by Gasteiger charge is -2.44. The van der Waals surface area contributed by atoms with Gasteiger partial charge >= 0.3 is 0 Å². The molecule has 1 aliphatic carbocycles. The fourth-order valence-electron chi connectivity index (χ4n) is 3.68. The number of nitrogens with zero attached hydrogens (tertiary/aromatic N) is 1. The lowest BCUT2D eigenvalue weighted by atomic mass is 9.67.